The summed E-state index contributed by atoms with van der Waals surface area (Å²) in [6.07, 6.45) is 0. The minimum absolute atomic E-state index is 0.0282. The van der Waals surface area contributed by atoms with Crippen LogP contribution in [0.15, 0.2) is 76.6 Å². The van der Waals surface area contributed by atoms with Gasteiger partial charge in [0.15, 0.2) is 15.8 Å². The third kappa shape index (κ3) is 5.49. The third-order valence-electron chi connectivity index (χ3n) is 7.06. The van der Waals surface area contributed by atoms with Crippen molar-refractivity contribution in [3.05, 3.63) is 99.6 Å². The van der Waals surface area contributed by atoms with Crippen molar-refractivity contribution in [2.75, 3.05) is 18.1 Å². The van der Waals surface area contributed by atoms with Gasteiger partial charge in [-0.05, 0) is 52.9 Å². The molecule has 1 fully saturated rings. The molecule has 0 aliphatic carbocycles. The van der Waals surface area contributed by atoms with Crippen LogP contribution < -0.4 is 14.4 Å². The average molecular weight is 620 g/mol. The predicted molar refractivity (Wildman–Crippen MR) is 164 cm³/mol. The first-order valence-electron chi connectivity index (χ1n) is 13.3. The molecule has 0 radical (unpaired) electrons. The van der Waals surface area contributed by atoms with Gasteiger partial charge in [0.1, 0.15) is 19.0 Å². The summed E-state index contributed by atoms with van der Waals surface area (Å²) in [7, 11) is 0. The highest BCUT2D eigenvalue weighted by Gasteiger charge is 2.48. The number of hydrogen-bond acceptors (Lipinski definition) is 9. The third-order valence-corrected chi connectivity index (χ3v) is 9.44. The molecule has 6 rings (SSSR count). The Kier molecular flexibility index (Phi) is 7.94. The Hall–Kier alpha value is -3.86. The summed E-state index contributed by atoms with van der Waals surface area (Å²) in [5.74, 6) is 0.0670. The lowest BCUT2D eigenvalue weighted by atomic mass is 9.93. The first-order chi connectivity index (χ1) is 20.3. The van der Waals surface area contributed by atoms with Crippen LogP contribution in [0.5, 0.6) is 11.5 Å². The molecular weight excluding hydrogens is 594 g/mol. The van der Waals surface area contributed by atoms with Crippen LogP contribution in [0, 0.1) is 0 Å². The molecule has 3 aromatic carbocycles. The molecule has 1 aromatic heterocycles. The Morgan fingerprint density at radius 3 is 2.45 bits per heavy atom. The van der Waals surface area contributed by atoms with E-state index >= 15 is 0 Å². The number of Topliss-reactive ketones (excluding diaryl/α,β-unsaturated/α-hetero) is 1. The Morgan fingerprint density at radius 1 is 1.02 bits per heavy atom. The molecule has 1 amide bonds. The van der Waals surface area contributed by atoms with Gasteiger partial charge < -0.3 is 14.6 Å². The molecule has 4 aromatic rings. The van der Waals surface area contributed by atoms with E-state index in [1.807, 2.05) is 48.5 Å². The molecule has 0 saturated carbocycles. The highest BCUT2D eigenvalue weighted by molar-refractivity contribution is 8.00. The highest BCUT2D eigenvalue weighted by Crippen LogP contribution is 2.45. The van der Waals surface area contributed by atoms with E-state index in [1.54, 1.807) is 18.2 Å². The summed E-state index contributed by atoms with van der Waals surface area (Å²) in [5, 5.41) is 21.0. The van der Waals surface area contributed by atoms with Gasteiger partial charge in [0.2, 0.25) is 5.13 Å². The minimum atomic E-state index is -0.901. The Balaban J connectivity index is 1.39. The fourth-order valence-electron chi connectivity index (χ4n) is 4.84. The predicted octanol–water partition coefficient (Wildman–Crippen LogP) is 7.00. The number of benzene rings is 3. The fourth-order valence-corrected chi connectivity index (χ4v) is 6.79. The SMILES string of the molecule is CC(C)c1ccc([C@@H]2/C(=C(\O)c3ccc4c(c3)OCCO4)C(=O)C(=O)N2c2nnc(SCc3ccc(Cl)cc3)s2)cc1. The number of halogens is 1. The molecule has 0 spiro atoms. The number of carbonyl (C=O) groups excluding carboxylic acids is 2. The number of aliphatic hydroxyl groups is 1. The van der Waals surface area contributed by atoms with Crippen LogP contribution in [-0.4, -0.2) is 40.2 Å². The van der Waals surface area contributed by atoms with Gasteiger partial charge >= 0.3 is 5.91 Å². The molecule has 8 nitrogen and oxygen atoms in total. The Morgan fingerprint density at radius 2 is 1.74 bits per heavy atom. The number of aromatic nitrogens is 2. The standard InChI is InChI=1S/C31H26ClN3O5S2/c1-17(2)19-5-7-20(8-6-19)26-25(27(36)21-9-12-23-24(15-21)40-14-13-39-23)28(37)29(38)35(26)30-33-34-31(42-30)41-16-18-3-10-22(32)11-4-18/h3-12,15,17,26,36H,13-14,16H2,1-2H3/b27-25+/t26-/m1/s1. The van der Waals surface area contributed by atoms with Crippen LogP contribution in [-0.2, 0) is 15.3 Å². The van der Waals surface area contributed by atoms with Crippen LogP contribution >= 0.6 is 34.7 Å². The molecule has 1 atom stereocenters. The van der Waals surface area contributed by atoms with Crippen molar-refractivity contribution in [1.82, 2.24) is 10.2 Å². The Bertz CT molecular complexity index is 1690. The van der Waals surface area contributed by atoms with Crippen LogP contribution in [0.1, 0.15) is 48.1 Å². The number of amides is 1. The molecule has 0 bridgehead atoms. The largest absolute Gasteiger partial charge is 0.507 e. The van der Waals surface area contributed by atoms with E-state index in [2.05, 4.69) is 24.0 Å². The van der Waals surface area contributed by atoms with Gasteiger partial charge in [-0.2, -0.15) is 0 Å². The van der Waals surface area contributed by atoms with Crippen molar-refractivity contribution in [3.8, 4) is 11.5 Å². The maximum atomic E-state index is 13.6. The molecule has 42 heavy (non-hydrogen) atoms. The number of nitrogens with zero attached hydrogens (tertiary/aromatic N) is 3. The van der Waals surface area contributed by atoms with Crippen LogP contribution in [0.2, 0.25) is 5.02 Å². The monoisotopic (exact) mass is 619 g/mol. The number of carbonyl (C=O) groups is 2. The molecule has 214 valence electrons. The van der Waals surface area contributed by atoms with Crippen LogP contribution in [0.3, 0.4) is 0 Å². The smallest absolute Gasteiger partial charge is 0.301 e. The summed E-state index contributed by atoms with van der Waals surface area (Å²) in [6, 6.07) is 19.3. The zero-order valence-corrected chi connectivity index (χ0v) is 25.1. The zero-order valence-electron chi connectivity index (χ0n) is 22.7. The highest BCUT2D eigenvalue weighted by atomic mass is 35.5. The number of hydrogen-bond donors (Lipinski definition) is 1. The molecule has 3 heterocycles. The molecule has 1 saturated heterocycles. The topological polar surface area (TPSA) is 102 Å². The molecule has 1 N–H and O–H groups in total. The van der Waals surface area contributed by atoms with Gasteiger partial charge in [-0.15, -0.1) is 10.2 Å². The van der Waals surface area contributed by atoms with Crippen LogP contribution in [0.25, 0.3) is 5.76 Å². The first-order valence-corrected chi connectivity index (χ1v) is 15.5. The molecule has 11 heteroatoms. The Labute approximate surface area is 255 Å². The molecule has 2 aliphatic rings. The second-order valence-corrected chi connectivity index (χ2v) is 12.7. The molecule has 2 aliphatic heterocycles. The number of anilines is 1. The number of aliphatic hydroxyl groups excluding tert-OH is 1. The van der Waals surface area contributed by atoms with Crippen molar-refractivity contribution in [2.45, 2.75) is 35.9 Å². The van der Waals surface area contributed by atoms with E-state index in [0.29, 0.717) is 56.9 Å². The van der Waals surface area contributed by atoms with Crippen molar-refractivity contribution in [2.24, 2.45) is 0 Å². The van der Waals surface area contributed by atoms with E-state index in [1.165, 1.54) is 28.0 Å². The number of rotatable bonds is 7. The summed E-state index contributed by atoms with van der Waals surface area (Å²) >= 11 is 8.69. The first kappa shape index (κ1) is 28.3. The van der Waals surface area contributed by atoms with E-state index in [-0.39, 0.29) is 16.5 Å². The van der Waals surface area contributed by atoms with E-state index in [4.69, 9.17) is 21.1 Å². The maximum absolute atomic E-state index is 13.6. The van der Waals surface area contributed by atoms with Gasteiger partial charge in [-0.1, -0.05) is 84.9 Å². The molecule has 0 unspecified atom stereocenters. The minimum Gasteiger partial charge on any atom is -0.507 e. The van der Waals surface area contributed by atoms with Gasteiger partial charge in [-0.25, -0.2) is 0 Å². The van der Waals surface area contributed by atoms with Gasteiger partial charge in [0.05, 0.1) is 11.6 Å². The zero-order chi connectivity index (χ0) is 29.4. The second kappa shape index (κ2) is 11.8. The van der Waals surface area contributed by atoms with Crippen molar-refractivity contribution >= 4 is 57.3 Å². The van der Waals surface area contributed by atoms with Crippen molar-refractivity contribution < 1.29 is 24.2 Å². The van der Waals surface area contributed by atoms with E-state index in [9.17, 15) is 14.7 Å². The van der Waals surface area contributed by atoms with Gasteiger partial charge in [-0.3, -0.25) is 14.5 Å². The maximum Gasteiger partial charge on any atom is 0.301 e. The van der Waals surface area contributed by atoms with Crippen molar-refractivity contribution in [3.63, 3.8) is 0 Å². The summed E-state index contributed by atoms with van der Waals surface area (Å²) in [6.45, 7) is 4.98. The number of thioether (sulfide) groups is 1. The second-order valence-electron chi connectivity index (χ2n) is 10.1. The van der Waals surface area contributed by atoms with Crippen LogP contribution in [0.4, 0.5) is 5.13 Å². The lowest BCUT2D eigenvalue weighted by Gasteiger charge is -2.23. The normalized spacial score (nSPS) is 17.7. The summed E-state index contributed by atoms with van der Waals surface area (Å²) < 4.78 is 11.9. The van der Waals surface area contributed by atoms with Gasteiger partial charge in [0.25, 0.3) is 5.78 Å². The van der Waals surface area contributed by atoms with Crippen molar-refractivity contribution in [1.29, 1.82) is 0 Å². The quantitative estimate of drug-likeness (QED) is 0.0775. The number of ether oxygens (including phenoxy) is 2. The van der Waals surface area contributed by atoms with E-state index in [0.717, 1.165) is 11.1 Å². The fraction of sp³-hybridized carbons (Fsp3) is 0.226. The average Bonchev–Trinajstić information content (AvgIpc) is 3.58. The summed E-state index contributed by atoms with van der Waals surface area (Å²) in [5.41, 5.74) is 3.16. The number of fused-ring (bicyclic) bond motifs is 1. The summed E-state index contributed by atoms with van der Waals surface area (Å²) in [4.78, 5) is 28.5. The lowest BCUT2D eigenvalue weighted by Crippen LogP contribution is -2.29. The van der Waals surface area contributed by atoms with E-state index < -0.39 is 17.7 Å². The molecular formula is C31H26ClN3O5S2. The number of ketones is 1. The van der Waals surface area contributed by atoms with Gasteiger partial charge in [0, 0.05) is 16.3 Å². The lowest BCUT2D eigenvalue weighted by molar-refractivity contribution is -0.132.